The molecule has 18 heavy (non-hydrogen) atoms. The zero-order valence-corrected chi connectivity index (χ0v) is 10.1. The number of hydrogen-bond acceptors (Lipinski definition) is 5. The minimum absolute atomic E-state index is 0.397. The van der Waals surface area contributed by atoms with Crippen molar-refractivity contribution in [1.82, 2.24) is 29.9 Å². The molecule has 0 aliphatic heterocycles. The molecule has 3 aromatic heterocycles. The van der Waals surface area contributed by atoms with Crippen LogP contribution in [0.25, 0.3) is 22.3 Å². The summed E-state index contributed by atoms with van der Waals surface area (Å²) in [6.45, 7) is 0.649. The van der Waals surface area contributed by atoms with Crippen LogP contribution in [-0.4, -0.2) is 35.8 Å². The van der Waals surface area contributed by atoms with Gasteiger partial charge in [0.05, 0.1) is 18.1 Å². The van der Waals surface area contributed by atoms with E-state index in [4.69, 9.17) is 17.3 Å². The van der Waals surface area contributed by atoms with Gasteiger partial charge in [-0.1, -0.05) is 0 Å². The fourth-order valence-electron chi connectivity index (χ4n) is 1.79. The third-order valence-electron chi connectivity index (χ3n) is 2.61. The van der Waals surface area contributed by atoms with Gasteiger partial charge in [-0.05, 0) is 0 Å². The molecule has 0 aromatic carbocycles. The maximum atomic E-state index is 5.84. The Balaban J connectivity index is 2.13. The van der Waals surface area contributed by atoms with E-state index in [1.54, 1.807) is 10.9 Å². The van der Waals surface area contributed by atoms with Gasteiger partial charge in [-0.2, -0.15) is 10.2 Å². The Morgan fingerprint density at radius 2 is 2.28 bits per heavy atom. The topological polar surface area (TPSA) is 98.3 Å². The molecule has 0 saturated carbocycles. The second-order valence-corrected chi connectivity index (χ2v) is 4.11. The van der Waals surface area contributed by atoms with Gasteiger partial charge in [0.1, 0.15) is 17.8 Å². The summed E-state index contributed by atoms with van der Waals surface area (Å²) < 4.78 is 1.75. The van der Waals surface area contributed by atoms with E-state index >= 15 is 0 Å². The highest BCUT2D eigenvalue weighted by atomic mass is 35.5. The molecule has 0 fully saturated rings. The molecule has 0 saturated heterocycles. The van der Waals surface area contributed by atoms with Crippen LogP contribution < -0.4 is 5.73 Å². The molecule has 0 unspecified atom stereocenters. The molecule has 0 radical (unpaired) electrons. The highest BCUT2D eigenvalue weighted by Gasteiger charge is 2.14. The molecular formula is C10H10ClN7. The monoisotopic (exact) mass is 263 g/mol. The molecule has 0 aliphatic carbocycles. The van der Waals surface area contributed by atoms with E-state index < -0.39 is 0 Å². The maximum Gasteiger partial charge on any atom is 0.161 e. The van der Waals surface area contributed by atoms with Crippen molar-refractivity contribution in [2.75, 3.05) is 11.6 Å². The number of aryl methyl sites for hydroxylation is 1. The summed E-state index contributed by atoms with van der Waals surface area (Å²) in [7, 11) is 0. The number of halogens is 1. The van der Waals surface area contributed by atoms with Crippen molar-refractivity contribution >= 4 is 28.5 Å². The molecule has 3 rings (SSSR count). The Morgan fingerprint density at radius 1 is 1.39 bits per heavy atom. The lowest BCUT2D eigenvalue weighted by molar-refractivity contribution is 0.664. The first-order chi connectivity index (χ1) is 8.79. The highest BCUT2D eigenvalue weighted by molar-refractivity contribution is 6.17. The summed E-state index contributed by atoms with van der Waals surface area (Å²) >= 11 is 5.67. The Morgan fingerprint density at radius 3 is 3.11 bits per heavy atom. The summed E-state index contributed by atoms with van der Waals surface area (Å²) in [6.07, 6.45) is 4.98. The number of anilines is 1. The number of alkyl halides is 1. The molecule has 3 N–H and O–H groups in total. The number of rotatable bonds is 3. The highest BCUT2D eigenvalue weighted by Crippen LogP contribution is 2.27. The average Bonchev–Trinajstić information content (AvgIpc) is 2.96. The number of H-pyrrole nitrogens is 1. The van der Waals surface area contributed by atoms with Gasteiger partial charge in [-0.3, -0.25) is 9.78 Å². The van der Waals surface area contributed by atoms with E-state index in [0.717, 1.165) is 5.56 Å². The number of nitrogen functional groups attached to an aromatic ring is 1. The van der Waals surface area contributed by atoms with Crippen LogP contribution in [0.15, 0.2) is 18.7 Å². The van der Waals surface area contributed by atoms with Crippen LogP contribution in [0.4, 0.5) is 5.82 Å². The van der Waals surface area contributed by atoms with Crippen LogP contribution >= 0.6 is 11.6 Å². The summed E-state index contributed by atoms with van der Waals surface area (Å²) in [5.74, 6) is 0.905. The molecule has 0 aliphatic rings. The van der Waals surface area contributed by atoms with Gasteiger partial charge in [0.15, 0.2) is 5.65 Å². The normalized spacial score (nSPS) is 11.2. The summed E-state index contributed by atoms with van der Waals surface area (Å²) in [5.41, 5.74) is 8.01. The lowest BCUT2D eigenvalue weighted by atomic mass is 10.2. The van der Waals surface area contributed by atoms with Gasteiger partial charge >= 0.3 is 0 Å². The smallest absolute Gasteiger partial charge is 0.161 e. The molecule has 3 heterocycles. The van der Waals surface area contributed by atoms with Crippen molar-refractivity contribution in [1.29, 1.82) is 0 Å². The number of aromatic nitrogens is 6. The lowest BCUT2D eigenvalue weighted by Crippen LogP contribution is -1.98. The van der Waals surface area contributed by atoms with Gasteiger partial charge in [-0.15, -0.1) is 11.6 Å². The van der Waals surface area contributed by atoms with Crippen molar-refractivity contribution in [3.8, 4) is 11.3 Å². The molecule has 0 atom stereocenters. The largest absolute Gasteiger partial charge is 0.383 e. The van der Waals surface area contributed by atoms with E-state index in [1.165, 1.54) is 6.33 Å². The number of nitrogens with zero attached hydrogens (tertiary/aromatic N) is 5. The third kappa shape index (κ3) is 1.68. The predicted octanol–water partition coefficient (Wildman–Crippen LogP) is 1.04. The first-order valence-electron chi connectivity index (χ1n) is 5.33. The zero-order valence-electron chi connectivity index (χ0n) is 9.34. The summed E-state index contributed by atoms with van der Waals surface area (Å²) in [6, 6.07) is 0. The second kappa shape index (κ2) is 4.26. The third-order valence-corrected chi connectivity index (χ3v) is 2.78. The molecular weight excluding hydrogens is 254 g/mol. The van der Waals surface area contributed by atoms with Crippen LogP contribution in [0.2, 0.25) is 0 Å². The van der Waals surface area contributed by atoms with E-state index in [0.29, 0.717) is 35.0 Å². The van der Waals surface area contributed by atoms with Crippen molar-refractivity contribution in [3.05, 3.63) is 18.7 Å². The molecule has 0 amide bonds. The van der Waals surface area contributed by atoms with Crippen LogP contribution in [-0.2, 0) is 6.54 Å². The predicted molar refractivity (Wildman–Crippen MR) is 68.0 cm³/mol. The molecule has 0 bridgehead atoms. The van der Waals surface area contributed by atoms with E-state index in [9.17, 15) is 0 Å². The Bertz CT molecular complexity index is 686. The SMILES string of the molecule is Nc1ncnc2[nH]nc(-c3cnn(CCCl)c3)c12. The van der Waals surface area contributed by atoms with Gasteiger partial charge in [0.2, 0.25) is 0 Å². The molecule has 3 aromatic rings. The molecule has 92 valence electrons. The van der Waals surface area contributed by atoms with Gasteiger partial charge in [0.25, 0.3) is 0 Å². The summed E-state index contributed by atoms with van der Waals surface area (Å²) in [4.78, 5) is 8.04. The van der Waals surface area contributed by atoms with Crippen LogP contribution in [0.5, 0.6) is 0 Å². The fraction of sp³-hybridized carbons (Fsp3) is 0.200. The maximum absolute atomic E-state index is 5.84. The van der Waals surface area contributed by atoms with Crippen molar-refractivity contribution in [2.45, 2.75) is 6.54 Å². The quantitative estimate of drug-likeness (QED) is 0.688. The summed E-state index contributed by atoms with van der Waals surface area (Å²) in [5, 5.41) is 11.9. The van der Waals surface area contributed by atoms with Crippen molar-refractivity contribution in [3.63, 3.8) is 0 Å². The van der Waals surface area contributed by atoms with E-state index in [1.807, 2.05) is 6.20 Å². The minimum atomic E-state index is 0.397. The number of hydrogen-bond donors (Lipinski definition) is 2. The number of nitrogens with two attached hydrogens (primary N) is 1. The molecule has 8 heteroatoms. The number of fused-ring (bicyclic) bond motifs is 1. The first-order valence-corrected chi connectivity index (χ1v) is 5.86. The van der Waals surface area contributed by atoms with Gasteiger partial charge in [0, 0.05) is 17.6 Å². The first kappa shape index (κ1) is 11.0. The Hall–Kier alpha value is -2.15. The average molecular weight is 264 g/mol. The standard InChI is InChI=1S/C10H10ClN7/c11-1-2-18-4-6(3-15-18)8-7-9(12)13-5-14-10(7)17-16-8/h3-5H,1-2H2,(H3,12,13,14,16,17). The fourth-order valence-corrected chi connectivity index (χ4v) is 1.96. The van der Waals surface area contributed by atoms with Crippen LogP contribution in [0.1, 0.15) is 0 Å². The Labute approximate surface area is 107 Å². The van der Waals surface area contributed by atoms with Gasteiger partial charge in [-0.25, -0.2) is 9.97 Å². The Kier molecular flexibility index (Phi) is 2.60. The van der Waals surface area contributed by atoms with E-state index in [-0.39, 0.29) is 0 Å². The van der Waals surface area contributed by atoms with Crippen molar-refractivity contribution in [2.24, 2.45) is 0 Å². The minimum Gasteiger partial charge on any atom is -0.383 e. The van der Waals surface area contributed by atoms with Crippen LogP contribution in [0.3, 0.4) is 0 Å². The van der Waals surface area contributed by atoms with Crippen molar-refractivity contribution < 1.29 is 0 Å². The second-order valence-electron chi connectivity index (χ2n) is 3.74. The zero-order chi connectivity index (χ0) is 12.5. The molecule has 0 spiro atoms. The van der Waals surface area contributed by atoms with Gasteiger partial charge < -0.3 is 5.73 Å². The molecule has 7 nitrogen and oxygen atoms in total. The number of nitrogens with one attached hydrogen (secondary N) is 1. The number of aromatic amines is 1. The van der Waals surface area contributed by atoms with Crippen LogP contribution in [0, 0.1) is 0 Å². The lowest BCUT2D eigenvalue weighted by Gasteiger charge is -1.96. The van der Waals surface area contributed by atoms with E-state index in [2.05, 4.69) is 25.3 Å².